The lowest BCUT2D eigenvalue weighted by Gasteiger charge is -2.12. The second-order valence-electron chi connectivity index (χ2n) is 5.97. The van der Waals surface area contributed by atoms with E-state index in [2.05, 4.69) is 50.1 Å². The third kappa shape index (κ3) is 2.87. The van der Waals surface area contributed by atoms with E-state index in [1.165, 1.54) is 11.1 Å². The van der Waals surface area contributed by atoms with Crippen molar-refractivity contribution in [3.8, 4) is 22.8 Å². The fourth-order valence-electron chi connectivity index (χ4n) is 2.98. The molecule has 0 saturated heterocycles. The van der Waals surface area contributed by atoms with Crippen molar-refractivity contribution in [3.63, 3.8) is 0 Å². The van der Waals surface area contributed by atoms with Gasteiger partial charge in [0.1, 0.15) is 0 Å². The molecular weight excluding hydrogens is 284 g/mol. The Hall–Kier alpha value is -2.55. The highest BCUT2D eigenvalue weighted by Gasteiger charge is 2.20. The highest BCUT2D eigenvalue weighted by atomic mass is 16.3. The molecule has 0 spiro atoms. The van der Waals surface area contributed by atoms with Crippen LogP contribution in [0.1, 0.15) is 30.0 Å². The van der Waals surface area contributed by atoms with Gasteiger partial charge in [0.2, 0.25) is 5.88 Å². The molecule has 1 N–H and O–H groups in total. The first kappa shape index (κ1) is 15.3. The minimum atomic E-state index is 0.131. The van der Waals surface area contributed by atoms with E-state index in [1.54, 1.807) is 0 Å². The van der Waals surface area contributed by atoms with Crippen LogP contribution < -0.4 is 0 Å². The first-order valence-electron chi connectivity index (χ1n) is 8.05. The predicted octanol–water partition coefficient (Wildman–Crippen LogP) is 4.81. The second kappa shape index (κ2) is 6.29. The summed E-state index contributed by atoms with van der Waals surface area (Å²) in [4.78, 5) is 0. The van der Waals surface area contributed by atoms with E-state index in [4.69, 9.17) is 0 Å². The molecule has 3 rings (SSSR count). The van der Waals surface area contributed by atoms with Gasteiger partial charge in [-0.3, -0.25) is 0 Å². The molecular formula is C20H22N2O. The summed E-state index contributed by atoms with van der Waals surface area (Å²) in [7, 11) is 0. The first-order valence-corrected chi connectivity index (χ1v) is 8.05. The largest absolute Gasteiger partial charge is 0.492 e. The number of aryl methyl sites for hydroxylation is 2. The molecule has 0 saturated carbocycles. The second-order valence-corrected chi connectivity index (χ2v) is 5.97. The van der Waals surface area contributed by atoms with Crippen LogP contribution in [-0.2, 0) is 6.42 Å². The van der Waals surface area contributed by atoms with E-state index in [9.17, 15) is 5.11 Å². The SMILES string of the molecule is CCCc1c(O)nn(-c2cccc(C)c2)c1-c1ccccc1C. The summed E-state index contributed by atoms with van der Waals surface area (Å²) in [5.41, 5.74) is 6.35. The van der Waals surface area contributed by atoms with Crippen LogP contribution in [0.2, 0.25) is 0 Å². The summed E-state index contributed by atoms with van der Waals surface area (Å²) in [6, 6.07) is 16.4. The Labute approximate surface area is 137 Å². The summed E-state index contributed by atoms with van der Waals surface area (Å²) in [6.45, 7) is 6.27. The van der Waals surface area contributed by atoms with Crippen molar-refractivity contribution in [2.45, 2.75) is 33.6 Å². The third-order valence-corrected chi connectivity index (χ3v) is 4.11. The van der Waals surface area contributed by atoms with Crippen molar-refractivity contribution in [2.75, 3.05) is 0 Å². The highest BCUT2D eigenvalue weighted by molar-refractivity contribution is 5.71. The Morgan fingerprint density at radius 2 is 1.83 bits per heavy atom. The Morgan fingerprint density at radius 3 is 2.52 bits per heavy atom. The zero-order chi connectivity index (χ0) is 16.4. The zero-order valence-electron chi connectivity index (χ0n) is 13.9. The van der Waals surface area contributed by atoms with Gasteiger partial charge in [-0.2, -0.15) is 0 Å². The average Bonchev–Trinajstić information content (AvgIpc) is 2.85. The van der Waals surface area contributed by atoms with Gasteiger partial charge in [0, 0.05) is 11.1 Å². The van der Waals surface area contributed by atoms with Gasteiger partial charge in [-0.1, -0.05) is 49.7 Å². The Bertz CT molecular complexity index is 833. The van der Waals surface area contributed by atoms with Gasteiger partial charge in [-0.25, -0.2) is 4.68 Å². The van der Waals surface area contributed by atoms with E-state index < -0.39 is 0 Å². The van der Waals surface area contributed by atoms with Gasteiger partial charge in [-0.15, -0.1) is 5.10 Å². The third-order valence-electron chi connectivity index (χ3n) is 4.11. The molecule has 0 aliphatic carbocycles. The van der Waals surface area contributed by atoms with Crippen LogP contribution in [0.4, 0.5) is 0 Å². The van der Waals surface area contributed by atoms with E-state index in [1.807, 2.05) is 28.9 Å². The lowest BCUT2D eigenvalue weighted by molar-refractivity contribution is 0.442. The number of rotatable bonds is 4. The summed E-state index contributed by atoms with van der Waals surface area (Å²) in [5.74, 6) is 0.131. The number of nitrogens with zero attached hydrogens (tertiary/aromatic N) is 2. The van der Waals surface area contributed by atoms with E-state index in [0.717, 1.165) is 35.3 Å². The van der Waals surface area contributed by atoms with Gasteiger partial charge in [0.05, 0.1) is 11.4 Å². The van der Waals surface area contributed by atoms with Crippen molar-refractivity contribution in [3.05, 3.63) is 65.2 Å². The molecule has 118 valence electrons. The molecule has 0 amide bonds. The number of benzene rings is 2. The van der Waals surface area contributed by atoms with Crippen molar-refractivity contribution in [1.29, 1.82) is 0 Å². The van der Waals surface area contributed by atoms with Gasteiger partial charge < -0.3 is 5.11 Å². The quantitative estimate of drug-likeness (QED) is 0.751. The Morgan fingerprint density at radius 1 is 1.04 bits per heavy atom. The maximum Gasteiger partial charge on any atom is 0.234 e. The topological polar surface area (TPSA) is 38.1 Å². The molecule has 0 fully saturated rings. The maximum atomic E-state index is 10.4. The van der Waals surface area contributed by atoms with E-state index in [-0.39, 0.29) is 5.88 Å². The Balaban J connectivity index is 2.29. The molecule has 1 aromatic heterocycles. The molecule has 0 radical (unpaired) electrons. The lowest BCUT2D eigenvalue weighted by atomic mass is 10.00. The molecule has 3 heteroatoms. The smallest absolute Gasteiger partial charge is 0.234 e. The van der Waals surface area contributed by atoms with Crippen LogP contribution in [0.15, 0.2) is 48.5 Å². The predicted molar refractivity (Wildman–Crippen MR) is 94.1 cm³/mol. The monoisotopic (exact) mass is 306 g/mol. The van der Waals surface area contributed by atoms with Gasteiger partial charge in [0.15, 0.2) is 0 Å². The fraction of sp³-hybridized carbons (Fsp3) is 0.250. The summed E-state index contributed by atoms with van der Waals surface area (Å²) < 4.78 is 1.87. The van der Waals surface area contributed by atoms with Crippen molar-refractivity contribution < 1.29 is 5.11 Å². The van der Waals surface area contributed by atoms with E-state index >= 15 is 0 Å². The molecule has 2 aromatic carbocycles. The minimum Gasteiger partial charge on any atom is -0.492 e. The lowest BCUT2D eigenvalue weighted by Crippen LogP contribution is -2.01. The van der Waals surface area contributed by atoms with Gasteiger partial charge in [-0.05, 0) is 43.5 Å². The van der Waals surface area contributed by atoms with Crippen molar-refractivity contribution >= 4 is 0 Å². The van der Waals surface area contributed by atoms with Crippen LogP contribution in [-0.4, -0.2) is 14.9 Å². The molecule has 0 atom stereocenters. The van der Waals surface area contributed by atoms with Gasteiger partial charge >= 0.3 is 0 Å². The molecule has 23 heavy (non-hydrogen) atoms. The van der Waals surface area contributed by atoms with Crippen LogP contribution >= 0.6 is 0 Å². The fourth-order valence-corrected chi connectivity index (χ4v) is 2.98. The Kier molecular flexibility index (Phi) is 4.20. The zero-order valence-corrected chi connectivity index (χ0v) is 13.9. The van der Waals surface area contributed by atoms with Crippen LogP contribution in [0.3, 0.4) is 0 Å². The first-order chi connectivity index (χ1) is 11.1. The summed E-state index contributed by atoms with van der Waals surface area (Å²) >= 11 is 0. The number of hydrogen-bond acceptors (Lipinski definition) is 2. The summed E-state index contributed by atoms with van der Waals surface area (Å²) in [6.07, 6.45) is 1.77. The highest BCUT2D eigenvalue weighted by Crippen LogP contribution is 2.35. The van der Waals surface area contributed by atoms with Crippen molar-refractivity contribution in [2.24, 2.45) is 0 Å². The van der Waals surface area contributed by atoms with Crippen LogP contribution in [0, 0.1) is 13.8 Å². The molecule has 0 aliphatic rings. The maximum absolute atomic E-state index is 10.4. The molecule has 0 bridgehead atoms. The summed E-state index contributed by atoms with van der Waals surface area (Å²) in [5, 5.41) is 14.8. The number of aromatic hydroxyl groups is 1. The molecule has 3 nitrogen and oxygen atoms in total. The molecule has 0 unspecified atom stereocenters. The minimum absolute atomic E-state index is 0.131. The normalized spacial score (nSPS) is 10.9. The van der Waals surface area contributed by atoms with Crippen molar-refractivity contribution in [1.82, 2.24) is 9.78 Å². The molecule has 1 heterocycles. The number of aromatic nitrogens is 2. The molecule has 0 aliphatic heterocycles. The number of hydrogen-bond donors (Lipinski definition) is 1. The van der Waals surface area contributed by atoms with Gasteiger partial charge in [0.25, 0.3) is 0 Å². The molecule has 3 aromatic rings. The van der Waals surface area contributed by atoms with E-state index in [0.29, 0.717) is 0 Å². The average molecular weight is 306 g/mol. The standard InChI is InChI=1S/C20H22N2O/c1-4-8-18-19(17-12-6-5-10-15(17)3)22(21-20(18)23)16-11-7-9-14(2)13-16/h5-7,9-13H,4,8H2,1-3H3,(H,21,23). The van der Waals surface area contributed by atoms with Crippen LogP contribution in [0.25, 0.3) is 16.9 Å². The van der Waals surface area contributed by atoms with Crippen LogP contribution in [0.5, 0.6) is 5.88 Å².